The van der Waals surface area contributed by atoms with Gasteiger partial charge < -0.3 is 15.1 Å². The van der Waals surface area contributed by atoms with E-state index in [0.29, 0.717) is 22.9 Å². The zero-order chi connectivity index (χ0) is 21.8. The van der Waals surface area contributed by atoms with Crippen molar-refractivity contribution >= 4 is 17.2 Å². The highest BCUT2D eigenvalue weighted by Crippen LogP contribution is 2.29. The zero-order valence-corrected chi connectivity index (χ0v) is 18.0. The summed E-state index contributed by atoms with van der Waals surface area (Å²) < 4.78 is 0. The number of ketones is 1. The number of carbonyl (C=O) groups excluding carboxylic acids is 1. The fourth-order valence-corrected chi connectivity index (χ4v) is 4.69. The van der Waals surface area contributed by atoms with Gasteiger partial charge in [-0.2, -0.15) is 0 Å². The molecular formula is C24H30N4O3. The Balaban J connectivity index is 1.40. The molecule has 164 valence electrons. The molecule has 2 fully saturated rings. The maximum atomic E-state index is 12.7. The molecule has 0 unspecified atom stereocenters. The minimum absolute atomic E-state index is 0.0421. The van der Waals surface area contributed by atoms with Gasteiger partial charge in [0.15, 0.2) is 5.78 Å². The molecule has 0 aliphatic carbocycles. The van der Waals surface area contributed by atoms with Crippen molar-refractivity contribution in [2.75, 3.05) is 38.5 Å². The van der Waals surface area contributed by atoms with E-state index >= 15 is 0 Å². The van der Waals surface area contributed by atoms with Gasteiger partial charge in [0.05, 0.1) is 4.92 Å². The van der Waals surface area contributed by atoms with Crippen molar-refractivity contribution in [3.05, 3.63) is 69.8 Å². The Labute approximate surface area is 183 Å². The van der Waals surface area contributed by atoms with E-state index in [-0.39, 0.29) is 17.5 Å². The minimum atomic E-state index is -0.405. The van der Waals surface area contributed by atoms with Crippen molar-refractivity contribution in [2.24, 2.45) is 0 Å². The van der Waals surface area contributed by atoms with E-state index in [1.54, 1.807) is 36.4 Å². The molecule has 0 aromatic heterocycles. The predicted molar refractivity (Wildman–Crippen MR) is 122 cm³/mol. The summed E-state index contributed by atoms with van der Waals surface area (Å²) in [5.74, 6) is -0.207. The minimum Gasteiger partial charge on any atom is -0.377 e. The first-order valence-corrected chi connectivity index (χ1v) is 11.1. The maximum Gasteiger partial charge on any atom is 0.293 e. The third-order valence-electron chi connectivity index (χ3n) is 6.59. The normalized spacial score (nSPS) is 19.3. The SMILES string of the molecule is CN1CCC(N2CCC(Nc3ccc(C(=O)c4ccccc4)cc3[N+](=O)[O-])CC2)CC1. The molecule has 0 atom stereocenters. The smallest absolute Gasteiger partial charge is 0.293 e. The van der Waals surface area contributed by atoms with Crippen LogP contribution in [0.15, 0.2) is 48.5 Å². The Bertz CT molecular complexity index is 918. The molecular weight excluding hydrogens is 392 g/mol. The number of benzene rings is 2. The lowest BCUT2D eigenvalue weighted by Crippen LogP contribution is -2.48. The third-order valence-corrected chi connectivity index (χ3v) is 6.59. The maximum absolute atomic E-state index is 12.7. The molecule has 4 rings (SSSR count). The first-order chi connectivity index (χ1) is 15.0. The fourth-order valence-electron chi connectivity index (χ4n) is 4.69. The van der Waals surface area contributed by atoms with Crippen LogP contribution in [0.25, 0.3) is 0 Å². The molecule has 0 saturated carbocycles. The molecule has 1 N–H and O–H groups in total. The summed E-state index contributed by atoms with van der Waals surface area (Å²) in [6.45, 7) is 4.35. The molecule has 2 aliphatic rings. The van der Waals surface area contributed by atoms with Crippen LogP contribution in [0.5, 0.6) is 0 Å². The number of hydrogen-bond donors (Lipinski definition) is 1. The van der Waals surface area contributed by atoms with Gasteiger partial charge in [-0.1, -0.05) is 30.3 Å². The first kappa shape index (κ1) is 21.5. The number of nitrogens with zero attached hydrogens (tertiary/aromatic N) is 3. The van der Waals surface area contributed by atoms with Gasteiger partial charge >= 0.3 is 0 Å². The molecule has 2 aromatic carbocycles. The van der Waals surface area contributed by atoms with Gasteiger partial charge in [-0.15, -0.1) is 0 Å². The lowest BCUT2D eigenvalue weighted by Gasteiger charge is -2.41. The number of nitrogens with one attached hydrogen (secondary N) is 1. The molecule has 0 spiro atoms. The second kappa shape index (κ2) is 9.58. The van der Waals surface area contributed by atoms with Gasteiger partial charge in [-0.25, -0.2) is 0 Å². The molecule has 2 heterocycles. The Morgan fingerprint density at radius 2 is 1.65 bits per heavy atom. The number of carbonyl (C=O) groups is 1. The van der Waals surface area contributed by atoms with Gasteiger partial charge in [0.1, 0.15) is 5.69 Å². The summed E-state index contributed by atoms with van der Waals surface area (Å²) in [5.41, 5.74) is 1.31. The molecule has 7 nitrogen and oxygen atoms in total. The van der Waals surface area contributed by atoms with Crippen LogP contribution >= 0.6 is 0 Å². The second-order valence-corrected chi connectivity index (χ2v) is 8.67. The molecule has 0 bridgehead atoms. The Kier molecular flexibility index (Phi) is 6.63. The number of likely N-dealkylation sites (tertiary alicyclic amines) is 2. The summed E-state index contributed by atoms with van der Waals surface area (Å²) in [4.78, 5) is 28.9. The van der Waals surface area contributed by atoms with Crippen molar-refractivity contribution in [3.8, 4) is 0 Å². The summed E-state index contributed by atoms with van der Waals surface area (Å²) >= 11 is 0. The number of hydrogen-bond acceptors (Lipinski definition) is 6. The van der Waals surface area contributed by atoms with Crippen molar-refractivity contribution in [3.63, 3.8) is 0 Å². The third kappa shape index (κ3) is 5.11. The number of nitro groups is 1. The highest BCUT2D eigenvalue weighted by atomic mass is 16.6. The summed E-state index contributed by atoms with van der Waals surface area (Å²) in [5, 5.41) is 15.1. The van der Waals surface area contributed by atoms with Crippen LogP contribution in [-0.2, 0) is 0 Å². The Hall–Kier alpha value is -2.77. The standard InChI is InChI=1S/C24H30N4O3/c1-26-13-11-21(12-14-26)27-15-9-20(10-16-27)25-22-8-7-19(17-23(22)28(30)31)24(29)18-5-3-2-4-6-18/h2-8,17,20-21,25H,9-16H2,1H3. The van der Waals surface area contributed by atoms with Crippen LogP contribution in [0.2, 0.25) is 0 Å². The molecule has 2 aliphatic heterocycles. The van der Waals surface area contributed by atoms with E-state index in [0.717, 1.165) is 39.0 Å². The fraction of sp³-hybridized carbons (Fsp3) is 0.458. The summed E-state index contributed by atoms with van der Waals surface area (Å²) in [6, 6.07) is 14.5. The van der Waals surface area contributed by atoms with Gasteiger partial charge in [0.25, 0.3) is 5.69 Å². The van der Waals surface area contributed by atoms with Crippen molar-refractivity contribution in [1.82, 2.24) is 9.80 Å². The highest BCUT2D eigenvalue weighted by Gasteiger charge is 2.28. The Morgan fingerprint density at radius 3 is 2.29 bits per heavy atom. The van der Waals surface area contributed by atoms with Crippen LogP contribution in [0.4, 0.5) is 11.4 Å². The van der Waals surface area contributed by atoms with Crippen molar-refractivity contribution in [2.45, 2.75) is 37.8 Å². The summed E-state index contributed by atoms with van der Waals surface area (Å²) in [7, 11) is 2.18. The molecule has 2 saturated heterocycles. The van der Waals surface area contributed by atoms with Crippen molar-refractivity contribution < 1.29 is 9.72 Å². The van der Waals surface area contributed by atoms with Gasteiger partial charge in [-0.05, 0) is 58.0 Å². The molecule has 0 radical (unpaired) electrons. The van der Waals surface area contributed by atoms with Gasteiger partial charge in [-0.3, -0.25) is 14.9 Å². The van der Waals surface area contributed by atoms with Crippen LogP contribution in [-0.4, -0.2) is 65.8 Å². The van der Waals surface area contributed by atoms with Crippen LogP contribution in [0.3, 0.4) is 0 Å². The van der Waals surface area contributed by atoms with Crippen LogP contribution < -0.4 is 5.32 Å². The highest BCUT2D eigenvalue weighted by molar-refractivity contribution is 6.09. The van der Waals surface area contributed by atoms with E-state index in [9.17, 15) is 14.9 Å². The summed E-state index contributed by atoms with van der Waals surface area (Å²) in [6.07, 6.45) is 4.37. The molecule has 2 aromatic rings. The van der Waals surface area contributed by atoms with E-state index in [1.165, 1.54) is 18.9 Å². The number of nitro benzene ring substituents is 1. The van der Waals surface area contributed by atoms with E-state index in [1.807, 2.05) is 6.07 Å². The van der Waals surface area contributed by atoms with E-state index in [2.05, 4.69) is 22.2 Å². The van der Waals surface area contributed by atoms with Crippen LogP contribution in [0.1, 0.15) is 41.6 Å². The van der Waals surface area contributed by atoms with E-state index < -0.39 is 4.92 Å². The Morgan fingerprint density at radius 1 is 0.968 bits per heavy atom. The van der Waals surface area contributed by atoms with Gasteiger partial charge in [0.2, 0.25) is 0 Å². The molecule has 0 amide bonds. The monoisotopic (exact) mass is 422 g/mol. The quantitative estimate of drug-likeness (QED) is 0.433. The predicted octanol–water partition coefficient (Wildman–Crippen LogP) is 3.80. The number of rotatable bonds is 6. The van der Waals surface area contributed by atoms with Crippen LogP contribution in [0, 0.1) is 10.1 Å². The first-order valence-electron chi connectivity index (χ1n) is 11.1. The average molecular weight is 423 g/mol. The zero-order valence-electron chi connectivity index (χ0n) is 18.0. The van der Waals surface area contributed by atoms with Crippen molar-refractivity contribution in [1.29, 1.82) is 0 Å². The number of anilines is 1. The number of piperidine rings is 2. The topological polar surface area (TPSA) is 78.7 Å². The van der Waals surface area contributed by atoms with E-state index in [4.69, 9.17) is 0 Å². The second-order valence-electron chi connectivity index (χ2n) is 8.67. The molecule has 7 heteroatoms. The largest absolute Gasteiger partial charge is 0.377 e. The molecule has 31 heavy (non-hydrogen) atoms. The lowest BCUT2D eigenvalue weighted by atomic mass is 9.97. The van der Waals surface area contributed by atoms with Gasteiger partial charge in [0, 0.05) is 42.4 Å². The average Bonchev–Trinajstić information content (AvgIpc) is 2.80. The lowest BCUT2D eigenvalue weighted by molar-refractivity contribution is -0.384.